The van der Waals surface area contributed by atoms with E-state index >= 15 is 0 Å². The third-order valence-corrected chi connectivity index (χ3v) is 3.12. The standard InChI is InChI=1S/C14H14N6O2/c1-21-10-4-3-5-11(22-2)12(10)20-13(18-19-14(20)15)9-6-7-16-8-17-9/h3-8H,1-2H3,(H2,15,19). The molecule has 0 amide bonds. The molecule has 0 radical (unpaired) electrons. The first-order valence-corrected chi connectivity index (χ1v) is 6.45. The average Bonchev–Trinajstić information content (AvgIpc) is 2.96. The van der Waals surface area contributed by atoms with Gasteiger partial charge < -0.3 is 15.2 Å². The predicted octanol–water partition coefficient (Wildman–Crippen LogP) is 1.32. The van der Waals surface area contributed by atoms with Gasteiger partial charge in [0.15, 0.2) is 5.82 Å². The Hall–Kier alpha value is -3.16. The zero-order chi connectivity index (χ0) is 15.5. The second kappa shape index (κ2) is 5.68. The van der Waals surface area contributed by atoms with Crippen LogP contribution in [0.5, 0.6) is 11.5 Å². The molecule has 0 aliphatic heterocycles. The number of methoxy groups -OCH3 is 2. The molecule has 0 spiro atoms. The number of nitrogens with two attached hydrogens (primary N) is 1. The Morgan fingerprint density at radius 2 is 1.77 bits per heavy atom. The topological polar surface area (TPSA) is 101 Å². The molecule has 1 aromatic carbocycles. The lowest BCUT2D eigenvalue weighted by molar-refractivity contribution is 0.391. The lowest BCUT2D eigenvalue weighted by Gasteiger charge is -2.15. The molecule has 8 nitrogen and oxygen atoms in total. The number of ether oxygens (including phenoxy) is 2. The summed E-state index contributed by atoms with van der Waals surface area (Å²) in [6.07, 6.45) is 3.06. The van der Waals surface area contributed by atoms with Gasteiger partial charge in [0.1, 0.15) is 29.2 Å². The summed E-state index contributed by atoms with van der Waals surface area (Å²) in [4.78, 5) is 8.09. The second-order valence-electron chi connectivity index (χ2n) is 4.32. The Balaban J connectivity index is 2.28. The highest BCUT2D eigenvalue weighted by atomic mass is 16.5. The van der Waals surface area contributed by atoms with E-state index in [1.54, 1.807) is 43.2 Å². The summed E-state index contributed by atoms with van der Waals surface area (Å²) in [6.45, 7) is 0. The van der Waals surface area contributed by atoms with E-state index in [1.165, 1.54) is 6.33 Å². The summed E-state index contributed by atoms with van der Waals surface area (Å²) in [5, 5.41) is 8.04. The van der Waals surface area contributed by atoms with E-state index in [4.69, 9.17) is 15.2 Å². The minimum absolute atomic E-state index is 0.205. The molecule has 22 heavy (non-hydrogen) atoms. The first-order valence-electron chi connectivity index (χ1n) is 6.45. The molecule has 0 aliphatic carbocycles. The van der Waals surface area contributed by atoms with Gasteiger partial charge >= 0.3 is 0 Å². The Morgan fingerprint density at radius 1 is 1.05 bits per heavy atom. The third kappa shape index (κ3) is 2.20. The summed E-state index contributed by atoms with van der Waals surface area (Å²) in [7, 11) is 3.15. The molecule has 2 N–H and O–H groups in total. The molecular formula is C14H14N6O2. The SMILES string of the molecule is COc1cccc(OC)c1-n1c(N)nnc1-c1ccncn1. The number of hydrogen-bond acceptors (Lipinski definition) is 7. The Kier molecular flexibility index (Phi) is 3.57. The Labute approximate surface area is 126 Å². The monoisotopic (exact) mass is 298 g/mol. The van der Waals surface area contributed by atoms with Gasteiger partial charge in [-0.25, -0.2) is 9.97 Å². The van der Waals surface area contributed by atoms with Crippen LogP contribution in [0.3, 0.4) is 0 Å². The van der Waals surface area contributed by atoms with E-state index in [1.807, 2.05) is 6.07 Å². The Bertz CT molecular complexity index is 765. The molecule has 0 saturated heterocycles. The van der Waals surface area contributed by atoms with E-state index in [0.29, 0.717) is 28.7 Å². The smallest absolute Gasteiger partial charge is 0.227 e. The van der Waals surface area contributed by atoms with Crippen LogP contribution >= 0.6 is 0 Å². The normalized spacial score (nSPS) is 10.5. The first kappa shape index (κ1) is 13.8. The number of aromatic nitrogens is 5. The van der Waals surface area contributed by atoms with Crippen LogP contribution in [0.25, 0.3) is 17.2 Å². The highest BCUT2D eigenvalue weighted by molar-refractivity contribution is 5.65. The van der Waals surface area contributed by atoms with Crippen LogP contribution in [-0.2, 0) is 0 Å². The molecular weight excluding hydrogens is 284 g/mol. The largest absolute Gasteiger partial charge is 0.494 e. The summed E-state index contributed by atoms with van der Waals surface area (Å²) < 4.78 is 12.5. The maximum atomic E-state index is 5.99. The molecule has 3 rings (SSSR count). The third-order valence-electron chi connectivity index (χ3n) is 3.12. The van der Waals surface area contributed by atoms with Crippen molar-refractivity contribution in [3.8, 4) is 28.7 Å². The van der Waals surface area contributed by atoms with Gasteiger partial charge in [-0.05, 0) is 18.2 Å². The van der Waals surface area contributed by atoms with Gasteiger partial charge in [-0.15, -0.1) is 10.2 Å². The zero-order valence-corrected chi connectivity index (χ0v) is 12.1. The average molecular weight is 298 g/mol. The molecule has 2 aromatic heterocycles. The van der Waals surface area contributed by atoms with Gasteiger partial charge in [0, 0.05) is 6.20 Å². The Morgan fingerprint density at radius 3 is 2.36 bits per heavy atom. The molecule has 0 saturated carbocycles. The second-order valence-corrected chi connectivity index (χ2v) is 4.32. The predicted molar refractivity (Wildman–Crippen MR) is 79.9 cm³/mol. The van der Waals surface area contributed by atoms with Crippen molar-refractivity contribution < 1.29 is 9.47 Å². The number of rotatable bonds is 4. The number of hydrogen-bond donors (Lipinski definition) is 1. The number of nitrogens with zero attached hydrogens (tertiary/aromatic N) is 5. The highest BCUT2D eigenvalue weighted by Crippen LogP contribution is 2.36. The minimum atomic E-state index is 0.205. The summed E-state index contributed by atoms with van der Waals surface area (Å²) in [5.74, 6) is 1.85. The molecule has 3 aromatic rings. The van der Waals surface area contributed by atoms with Gasteiger partial charge in [-0.3, -0.25) is 4.57 Å². The molecule has 0 aliphatic rings. The molecule has 8 heteroatoms. The van der Waals surface area contributed by atoms with Crippen LogP contribution in [0.4, 0.5) is 5.95 Å². The van der Waals surface area contributed by atoms with Crippen LogP contribution in [-0.4, -0.2) is 39.0 Å². The molecule has 0 bridgehead atoms. The fourth-order valence-electron chi connectivity index (χ4n) is 2.16. The quantitative estimate of drug-likeness (QED) is 0.775. The molecule has 112 valence electrons. The first-order chi connectivity index (χ1) is 10.8. The maximum Gasteiger partial charge on any atom is 0.227 e. The zero-order valence-electron chi connectivity index (χ0n) is 12.1. The fourth-order valence-corrected chi connectivity index (χ4v) is 2.16. The van der Waals surface area contributed by atoms with E-state index in [-0.39, 0.29) is 5.95 Å². The van der Waals surface area contributed by atoms with E-state index in [2.05, 4.69) is 20.2 Å². The van der Waals surface area contributed by atoms with Gasteiger partial charge in [-0.2, -0.15) is 0 Å². The number of anilines is 1. The van der Waals surface area contributed by atoms with Gasteiger partial charge in [0.25, 0.3) is 0 Å². The molecule has 0 atom stereocenters. The van der Waals surface area contributed by atoms with E-state index in [0.717, 1.165) is 0 Å². The van der Waals surface area contributed by atoms with Crippen LogP contribution in [0, 0.1) is 0 Å². The van der Waals surface area contributed by atoms with Crippen molar-refractivity contribution in [2.75, 3.05) is 20.0 Å². The van der Waals surface area contributed by atoms with Crippen LogP contribution in [0.2, 0.25) is 0 Å². The fraction of sp³-hybridized carbons (Fsp3) is 0.143. The van der Waals surface area contributed by atoms with E-state index < -0.39 is 0 Å². The van der Waals surface area contributed by atoms with Crippen molar-refractivity contribution in [1.82, 2.24) is 24.7 Å². The van der Waals surface area contributed by atoms with Crippen molar-refractivity contribution in [3.05, 3.63) is 36.8 Å². The lowest BCUT2D eigenvalue weighted by atomic mass is 10.2. The summed E-state index contributed by atoms with van der Waals surface area (Å²) in [5.41, 5.74) is 7.20. The summed E-state index contributed by atoms with van der Waals surface area (Å²) >= 11 is 0. The molecule has 0 unspecified atom stereocenters. The van der Waals surface area contributed by atoms with Crippen molar-refractivity contribution >= 4 is 5.95 Å². The van der Waals surface area contributed by atoms with E-state index in [9.17, 15) is 0 Å². The van der Waals surface area contributed by atoms with Gasteiger partial charge in [0.2, 0.25) is 5.95 Å². The number of benzene rings is 1. The van der Waals surface area contributed by atoms with Crippen LogP contribution in [0.1, 0.15) is 0 Å². The molecule has 2 heterocycles. The van der Waals surface area contributed by atoms with Crippen LogP contribution < -0.4 is 15.2 Å². The van der Waals surface area contributed by atoms with Gasteiger partial charge in [-0.1, -0.05) is 6.07 Å². The van der Waals surface area contributed by atoms with Crippen molar-refractivity contribution in [2.24, 2.45) is 0 Å². The number of nitrogen functional groups attached to an aromatic ring is 1. The van der Waals surface area contributed by atoms with Gasteiger partial charge in [0.05, 0.1) is 14.2 Å². The van der Waals surface area contributed by atoms with Crippen molar-refractivity contribution in [2.45, 2.75) is 0 Å². The van der Waals surface area contributed by atoms with Crippen LogP contribution in [0.15, 0.2) is 36.8 Å². The minimum Gasteiger partial charge on any atom is -0.494 e. The van der Waals surface area contributed by atoms with Crippen molar-refractivity contribution in [3.63, 3.8) is 0 Å². The molecule has 0 fully saturated rings. The van der Waals surface area contributed by atoms with Crippen molar-refractivity contribution in [1.29, 1.82) is 0 Å². The number of para-hydroxylation sites is 1. The summed E-state index contributed by atoms with van der Waals surface area (Å²) in [6, 6.07) is 7.16. The lowest BCUT2D eigenvalue weighted by Crippen LogP contribution is -2.07. The maximum absolute atomic E-state index is 5.99. The highest BCUT2D eigenvalue weighted by Gasteiger charge is 2.21.